The fraction of sp³-hybridized carbons (Fsp3) is 0.375. The molecule has 2 rings (SSSR count). The Bertz CT molecular complexity index is 583. The molecule has 1 aromatic heterocycles. The van der Waals surface area contributed by atoms with Gasteiger partial charge in [0, 0.05) is 24.7 Å². The molecule has 22 heavy (non-hydrogen) atoms. The van der Waals surface area contributed by atoms with Gasteiger partial charge in [0.05, 0.1) is 6.54 Å². The van der Waals surface area contributed by atoms with Crippen LogP contribution < -0.4 is 10.6 Å². The van der Waals surface area contributed by atoms with Gasteiger partial charge in [0.15, 0.2) is 11.7 Å². The number of hydrogen-bond acceptors (Lipinski definition) is 3. The predicted molar refractivity (Wildman–Crippen MR) is 100 cm³/mol. The Morgan fingerprint density at radius 2 is 2.05 bits per heavy atom. The summed E-state index contributed by atoms with van der Waals surface area (Å²) in [6, 6.07) is 12.3. The van der Waals surface area contributed by atoms with Crippen LogP contribution >= 0.6 is 24.0 Å². The standard InChI is InChI=1S/C16H22N4O.HI/c1-4-12(2)19-16(17-3)18-11-14-10-15(21-20-14)13-8-6-5-7-9-13;/h5-10,12H,4,11H2,1-3H3,(H2,17,18,19);1H. The summed E-state index contributed by atoms with van der Waals surface area (Å²) in [5.41, 5.74) is 1.87. The molecule has 1 heterocycles. The number of hydrogen-bond donors (Lipinski definition) is 2. The van der Waals surface area contributed by atoms with Gasteiger partial charge >= 0.3 is 0 Å². The fourth-order valence-corrected chi connectivity index (χ4v) is 1.84. The SMILES string of the molecule is CCC(C)NC(=NC)NCc1cc(-c2ccccc2)on1.I. The van der Waals surface area contributed by atoms with Crippen molar-refractivity contribution in [2.24, 2.45) is 4.99 Å². The van der Waals surface area contributed by atoms with E-state index in [2.05, 4.69) is 34.6 Å². The number of nitrogens with one attached hydrogen (secondary N) is 2. The van der Waals surface area contributed by atoms with Crippen molar-refractivity contribution >= 4 is 29.9 Å². The van der Waals surface area contributed by atoms with Crippen LogP contribution in [0, 0.1) is 0 Å². The molecule has 0 saturated carbocycles. The third-order valence-electron chi connectivity index (χ3n) is 3.27. The third kappa shape index (κ3) is 5.32. The highest BCUT2D eigenvalue weighted by molar-refractivity contribution is 14.0. The van der Waals surface area contributed by atoms with E-state index in [9.17, 15) is 0 Å². The van der Waals surface area contributed by atoms with Crippen LogP contribution in [-0.2, 0) is 6.54 Å². The maximum atomic E-state index is 5.37. The van der Waals surface area contributed by atoms with E-state index >= 15 is 0 Å². The molecule has 0 radical (unpaired) electrons. The van der Waals surface area contributed by atoms with E-state index in [-0.39, 0.29) is 24.0 Å². The first-order chi connectivity index (χ1) is 10.2. The minimum absolute atomic E-state index is 0. The van der Waals surface area contributed by atoms with Crippen molar-refractivity contribution in [3.05, 3.63) is 42.1 Å². The Morgan fingerprint density at radius 3 is 2.68 bits per heavy atom. The van der Waals surface area contributed by atoms with Crippen LogP contribution in [0.25, 0.3) is 11.3 Å². The molecule has 120 valence electrons. The second kappa shape index (κ2) is 9.45. The molecule has 1 aromatic carbocycles. The smallest absolute Gasteiger partial charge is 0.191 e. The van der Waals surface area contributed by atoms with Crippen molar-refractivity contribution < 1.29 is 4.52 Å². The van der Waals surface area contributed by atoms with E-state index in [0.29, 0.717) is 12.6 Å². The van der Waals surface area contributed by atoms with E-state index in [1.807, 2.05) is 36.4 Å². The summed E-state index contributed by atoms with van der Waals surface area (Å²) >= 11 is 0. The first-order valence-electron chi connectivity index (χ1n) is 7.21. The predicted octanol–water partition coefficient (Wildman–Crippen LogP) is 3.42. The number of aromatic nitrogens is 1. The highest BCUT2D eigenvalue weighted by Gasteiger charge is 2.08. The van der Waals surface area contributed by atoms with Crippen LogP contribution in [-0.4, -0.2) is 24.2 Å². The fourth-order valence-electron chi connectivity index (χ4n) is 1.84. The number of aliphatic imine (C=N–C) groups is 1. The molecule has 0 aliphatic rings. The van der Waals surface area contributed by atoms with Gasteiger partial charge in [-0.1, -0.05) is 42.4 Å². The Morgan fingerprint density at radius 1 is 1.32 bits per heavy atom. The van der Waals surface area contributed by atoms with Crippen LogP contribution in [0.15, 0.2) is 45.9 Å². The van der Waals surface area contributed by atoms with Gasteiger partial charge in [0.25, 0.3) is 0 Å². The summed E-state index contributed by atoms with van der Waals surface area (Å²) in [6.45, 7) is 4.83. The van der Waals surface area contributed by atoms with Crippen molar-refractivity contribution in [1.82, 2.24) is 15.8 Å². The lowest BCUT2D eigenvalue weighted by molar-refractivity contribution is 0.422. The quantitative estimate of drug-likeness (QED) is 0.447. The Labute approximate surface area is 148 Å². The molecule has 0 aliphatic heterocycles. The van der Waals surface area contributed by atoms with Gasteiger partial charge < -0.3 is 15.2 Å². The highest BCUT2D eigenvalue weighted by Crippen LogP contribution is 2.19. The second-order valence-electron chi connectivity index (χ2n) is 4.93. The minimum atomic E-state index is 0. The van der Waals surface area contributed by atoms with Crippen LogP contribution in [0.3, 0.4) is 0 Å². The third-order valence-corrected chi connectivity index (χ3v) is 3.27. The topological polar surface area (TPSA) is 62.5 Å². The van der Waals surface area contributed by atoms with Crippen LogP contribution in [0.4, 0.5) is 0 Å². The molecule has 0 aliphatic carbocycles. The number of benzene rings is 1. The van der Waals surface area contributed by atoms with Crippen molar-refractivity contribution in [1.29, 1.82) is 0 Å². The molecule has 0 amide bonds. The summed E-state index contributed by atoms with van der Waals surface area (Å²) in [7, 11) is 1.76. The number of nitrogens with zero attached hydrogens (tertiary/aromatic N) is 2. The molecule has 2 aromatic rings. The van der Waals surface area contributed by atoms with E-state index in [4.69, 9.17) is 4.52 Å². The van der Waals surface area contributed by atoms with E-state index in [1.165, 1.54) is 0 Å². The van der Waals surface area contributed by atoms with Crippen molar-refractivity contribution in [2.75, 3.05) is 7.05 Å². The molecule has 0 spiro atoms. The summed E-state index contributed by atoms with van der Waals surface area (Å²) in [4.78, 5) is 4.19. The Kier molecular flexibility index (Phi) is 7.94. The van der Waals surface area contributed by atoms with Crippen LogP contribution in [0.2, 0.25) is 0 Å². The van der Waals surface area contributed by atoms with Gasteiger partial charge in [0.1, 0.15) is 5.69 Å². The highest BCUT2D eigenvalue weighted by atomic mass is 127. The normalized spacial score (nSPS) is 12.4. The van der Waals surface area contributed by atoms with Gasteiger partial charge in [0.2, 0.25) is 0 Å². The molecular formula is C16H23IN4O. The number of halogens is 1. The minimum Gasteiger partial charge on any atom is -0.356 e. The zero-order valence-electron chi connectivity index (χ0n) is 13.2. The second-order valence-corrected chi connectivity index (χ2v) is 4.93. The van der Waals surface area contributed by atoms with E-state index in [1.54, 1.807) is 7.05 Å². The first-order valence-corrected chi connectivity index (χ1v) is 7.21. The number of guanidine groups is 1. The zero-order chi connectivity index (χ0) is 15.1. The van der Waals surface area contributed by atoms with Crippen molar-refractivity contribution in [2.45, 2.75) is 32.9 Å². The van der Waals surface area contributed by atoms with Crippen LogP contribution in [0.1, 0.15) is 26.0 Å². The summed E-state index contributed by atoms with van der Waals surface area (Å²) < 4.78 is 5.37. The lowest BCUT2D eigenvalue weighted by atomic mass is 10.2. The molecule has 0 saturated heterocycles. The molecule has 0 bridgehead atoms. The van der Waals surface area contributed by atoms with E-state index in [0.717, 1.165) is 29.4 Å². The maximum Gasteiger partial charge on any atom is 0.191 e. The van der Waals surface area contributed by atoms with Crippen LogP contribution in [0.5, 0.6) is 0 Å². The van der Waals surface area contributed by atoms with Crippen molar-refractivity contribution in [3.63, 3.8) is 0 Å². The molecule has 2 N–H and O–H groups in total. The molecule has 0 fully saturated rings. The Hall–Kier alpha value is -1.57. The van der Waals surface area contributed by atoms with Gasteiger partial charge in [-0.15, -0.1) is 24.0 Å². The maximum absolute atomic E-state index is 5.37. The first kappa shape index (κ1) is 18.5. The van der Waals surface area contributed by atoms with Gasteiger partial charge in [-0.25, -0.2) is 0 Å². The average molecular weight is 414 g/mol. The van der Waals surface area contributed by atoms with Gasteiger partial charge in [-0.3, -0.25) is 4.99 Å². The lowest BCUT2D eigenvalue weighted by Gasteiger charge is -2.15. The lowest BCUT2D eigenvalue weighted by Crippen LogP contribution is -2.41. The zero-order valence-corrected chi connectivity index (χ0v) is 15.5. The summed E-state index contributed by atoms with van der Waals surface area (Å²) in [5, 5.41) is 10.6. The van der Waals surface area contributed by atoms with Gasteiger partial charge in [-0.05, 0) is 13.3 Å². The molecule has 5 nitrogen and oxygen atoms in total. The molecular weight excluding hydrogens is 391 g/mol. The van der Waals surface area contributed by atoms with E-state index < -0.39 is 0 Å². The van der Waals surface area contributed by atoms with Crippen molar-refractivity contribution in [3.8, 4) is 11.3 Å². The average Bonchev–Trinajstić information content (AvgIpc) is 3.01. The van der Waals surface area contributed by atoms with Gasteiger partial charge in [-0.2, -0.15) is 0 Å². The summed E-state index contributed by atoms with van der Waals surface area (Å²) in [6.07, 6.45) is 1.04. The monoisotopic (exact) mass is 414 g/mol. The summed E-state index contributed by atoms with van der Waals surface area (Å²) in [5.74, 6) is 1.55. The Balaban J connectivity index is 0.00000242. The molecule has 6 heteroatoms. The molecule has 1 atom stereocenters. The number of rotatable bonds is 5. The largest absolute Gasteiger partial charge is 0.356 e. The molecule has 1 unspecified atom stereocenters.